The third kappa shape index (κ3) is 2.00. The number of nitrogens with zero attached hydrogens (tertiary/aromatic N) is 3. The van der Waals surface area contributed by atoms with E-state index in [0.717, 1.165) is 17.1 Å². The number of pyridine rings is 1. The van der Waals surface area contributed by atoms with Crippen LogP contribution in [0.25, 0.3) is 0 Å². The summed E-state index contributed by atoms with van der Waals surface area (Å²) in [5.74, 6) is 0.0352. The average molecular weight is 205 g/mol. The lowest BCUT2D eigenvalue weighted by Crippen LogP contribution is -2.01. The molecular formula is C9H7N3OS. The normalized spacial score (nSPS) is 10.0. The van der Waals surface area contributed by atoms with Crippen molar-refractivity contribution in [3.05, 3.63) is 41.2 Å². The maximum Gasteiger partial charge on any atom is 0.180 e. The quantitative estimate of drug-likeness (QED) is 0.710. The molecule has 0 amide bonds. The van der Waals surface area contributed by atoms with Crippen LogP contribution >= 0.6 is 11.5 Å². The number of hydrogen-bond donors (Lipinski definition) is 0. The second kappa shape index (κ2) is 4.06. The van der Waals surface area contributed by atoms with E-state index >= 15 is 0 Å². The highest BCUT2D eigenvalue weighted by Gasteiger charge is 2.08. The molecule has 2 aromatic rings. The summed E-state index contributed by atoms with van der Waals surface area (Å²) < 4.78 is 3.64. The molecule has 2 aromatic heterocycles. The van der Waals surface area contributed by atoms with Crippen LogP contribution in [0.4, 0.5) is 0 Å². The minimum atomic E-state index is 0.0352. The van der Waals surface area contributed by atoms with Crippen LogP contribution in [-0.2, 0) is 6.42 Å². The molecule has 0 N–H and O–H groups in total. The van der Waals surface area contributed by atoms with Crippen LogP contribution in [0.3, 0.4) is 0 Å². The van der Waals surface area contributed by atoms with Gasteiger partial charge in [0.2, 0.25) is 0 Å². The Morgan fingerprint density at radius 1 is 1.43 bits per heavy atom. The van der Waals surface area contributed by atoms with Gasteiger partial charge in [0.15, 0.2) is 5.78 Å². The van der Waals surface area contributed by atoms with E-state index in [0.29, 0.717) is 11.3 Å². The van der Waals surface area contributed by atoms with Crippen molar-refractivity contribution in [3.8, 4) is 0 Å². The summed E-state index contributed by atoms with van der Waals surface area (Å²) in [5, 5.41) is 3.62. The van der Waals surface area contributed by atoms with Crippen LogP contribution in [0.2, 0.25) is 0 Å². The Labute approximate surface area is 84.8 Å². The van der Waals surface area contributed by atoms with Crippen LogP contribution in [0.5, 0.6) is 0 Å². The maximum atomic E-state index is 11.6. The topological polar surface area (TPSA) is 55.7 Å². The molecule has 2 heterocycles. The first kappa shape index (κ1) is 8.96. The molecule has 0 unspecified atom stereocenters. The van der Waals surface area contributed by atoms with E-state index in [4.69, 9.17) is 0 Å². The van der Waals surface area contributed by atoms with Gasteiger partial charge in [0, 0.05) is 18.8 Å². The van der Waals surface area contributed by atoms with Gasteiger partial charge in [-0.2, -0.15) is 0 Å². The van der Waals surface area contributed by atoms with Gasteiger partial charge in [0.1, 0.15) is 4.88 Å². The highest BCUT2D eigenvalue weighted by Crippen LogP contribution is 2.08. The van der Waals surface area contributed by atoms with Crippen molar-refractivity contribution in [2.24, 2.45) is 0 Å². The lowest BCUT2D eigenvalue weighted by molar-refractivity contribution is 0.0996. The molecule has 0 atom stereocenters. The van der Waals surface area contributed by atoms with E-state index in [1.54, 1.807) is 12.4 Å². The second-order valence-electron chi connectivity index (χ2n) is 2.74. The summed E-state index contributed by atoms with van der Waals surface area (Å²) >= 11 is 1.12. The zero-order chi connectivity index (χ0) is 9.80. The molecule has 0 bridgehead atoms. The fourth-order valence-electron chi connectivity index (χ4n) is 1.07. The van der Waals surface area contributed by atoms with Crippen molar-refractivity contribution in [3.63, 3.8) is 0 Å². The van der Waals surface area contributed by atoms with Gasteiger partial charge in [-0.25, -0.2) is 0 Å². The minimum absolute atomic E-state index is 0.0352. The molecule has 0 saturated carbocycles. The van der Waals surface area contributed by atoms with Crippen molar-refractivity contribution in [2.75, 3.05) is 0 Å². The van der Waals surface area contributed by atoms with Crippen LogP contribution in [0.15, 0.2) is 30.7 Å². The van der Waals surface area contributed by atoms with Gasteiger partial charge in [0.05, 0.1) is 6.20 Å². The van der Waals surface area contributed by atoms with Crippen LogP contribution < -0.4 is 0 Å². The number of carbonyl (C=O) groups is 1. The van der Waals surface area contributed by atoms with Crippen molar-refractivity contribution >= 4 is 17.3 Å². The Bertz CT molecular complexity index is 413. The lowest BCUT2D eigenvalue weighted by atomic mass is 10.1. The molecular weight excluding hydrogens is 198 g/mol. The molecule has 0 saturated heterocycles. The predicted octanol–water partition coefficient (Wildman–Crippen LogP) is 1.36. The smallest absolute Gasteiger partial charge is 0.180 e. The van der Waals surface area contributed by atoms with E-state index in [-0.39, 0.29) is 5.78 Å². The van der Waals surface area contributed by atoms with Crippen molar-refractivity contribution < 1.29 is 4.79 Å². The van der Waals surface area contributed by atoms with E-state index in [2.05, 4.69) is 14.6 Å². The Kier molecular flexibility index (Phi) is 2.60. The fourth-order valence-corrected chi connectivity index (χ4v) is 1.52. The summed E-state index contributed by atoms with van der Waals surface area (Å²) in [6, 6.07) is 3.69. The fraction of sp³-hybridized carbons (Fsp3) is 0.111. The minimum Gasteiger partial charge on any atom is -0.293 e. The third-order valence-corrected chi connectivity index (χ3v) is 2.43. The number of carbonyl (C=O) groups excluding carboxylic acids is 1. The van der Waals surface area contributed by atoms with Crippen molar-refractivity contribution in [1.82, 2.24) is 14.6 Å². The molecule has 70 valence electrons. The lowest BCUT2D eigenvalue weighted by Gasteiger charge is -1.95. The first-order chi connectivity index (χ1) is 6.86. The Balaban J connectivity index is 2.10. The van der Waals surface area contributed by atoms with E-state index in [9.17, 15) is 4.79 Å². The molecule has 0 aliphatic carbocycles. The summed E-state index contributed by atoms with van der Waals surface area (Å²) in [6.07, 6.45) is 5.22. The molecule has 0 fully saturated rings. The molecule has 0 aliphatic rings. The summed E-state index contributed by atoms with van der Waals surface area (Å²) in [4.78, 5) is 16.1. The zero-order valence-corrected chi connectivity index (χ0v) is 8.07. The van der Waals surface area contributed by atoms with Gasteiger partial charge in [0.25, 0.3) is 0 Å². The van der Waals surface area contributed by atoms with Gasteiger partial charge >= 0.3 is 0 Å². The van der Waals surface area contributed by atoms with Gasteiger partial charge in [-0.15, -0.1) is 5.10 Å². The molecule has 0 aliphatic heterocycles. The van der Waals surface area contributed by atoms with Crippen molar-refractivity contribution in [1.29, 1.82) is 0 Å². The molecule has 5 heteroatoms. The Morgan fingerprint density at radius 3 is 3.00 bits per heavy atom. The first-order valence-corrected chi connectivity index (χ1v) is 4.83. The predicted molar refractivity (Wildman–Crippen MR) is 52.2 cm³/mol. The van der Waals surface area contributed by atoms with Crippen LogP contribution in [-0.4, -0.2) is 20.4 Å². The van der Waals surface area contributed by atoms with Crippen molar-refractivity contribution in [2.45, 2.75) is 6.42 Å². The molecule has 0 aromatic carbocycles. The third-order valence-electron chi connectivity index (χ3n) is 1.72. The highest BCUT2D eigenvalue weighted by atomic mass is 32.1. The first-order valence-electron chi connectivity index (χ1n) is 4.06. The number of hydrogen-bond acceptors (Lipinski definition) is 5. The molecule has 0 radical (unpaired) electrons. The molecule has 2 rings (SSSR count). The SMILES string of the molecule is O=C(Cc1cccnc1)c1cnns1. The monoisotopic (exact) mass is 205 g/mol. The summed E-state index contributed by atoms with van der Waals surface area (Å²) in [6.45, 7) is 0. The van der Waals surface area contributed by atoms with Gasteiger partial charge in [-0.1, -0.05) is 10.6 Å². The van der Waals surface area contributed by atoms with E-state index < -0.39 is 0 Å². The van der Waals surface area contributed by atoms with Gasteiger partial charge in [-0.05, 0) is 23.2 Å². The average Bonchev–Trinajstić information content (AvgIpc) is 2.72. The van der Waals surface area contributed by atoms with Gasteiger partial charge < -0.3 is 0 Å². The summed E-state index contributed by atoms with van der Waals surface area (Å²) in [7, 11) is 0. The Hall–Kier alpha value is -1.62. The van der Waals surface area contributed by atoms with Gasteiger partial charge in [-0.3, -0.25) is 9.78 Å². The number of ketones is 1. The van der Waals surface area contributed by atoms with E-state index in [1.165, 1.54) is 6.20 Å². The molecule has 0 spiro atoms. The standard InChI is InChI=1S/C9H7N3OS/c13-8(9-6-11-12-14-9)4-7-2-1-3-10-5-7/h1-3,5-6H,4H2. The van der Waals surface area contributed by atoms with Crippen LogP contribution in [0, 0.1) is 0 Å². The number of rotatable bonds is 3. The maximum absolute atomic E-state index is 11.6. The number of Topliss-reactive ketones (excluding diaryl/α,β-unsaturated/α-hetero) is 1. The zero-order valence-electron chi connectivity index (χ0n) is 7.25. The molecule has 4 nitrogen and oxygen atoms in total. The number of aromatic nitrogens is 3. The van der Waals surface area contributed by atoms with Crippen LogP contribution in [0.1, 0.15) is 15.2 Å². The molecule has 14 heavy (non-hydrogen) atoms. The van der Waals surface area contributed by atoms with E-state index in [1.807, 2.05) is 12.1 Å². The summed E-state index contributed by atoms with van der Waals surface area (Å²) in [5.41, 5.74) is 0.908. The Morgan fingerprint density at radius 2 is 2.36 bits per heavy atom. The second-order valence-corrected chi connectivity index (χ2v) is 3.53. The largest absolute Gasteiger partial charge is 0.293 e. The highest BCUT2D eigenvalue weighted by molar-refractivity contribution is 7.07.